The largest absolute Gasteiger partial charge is 0.390 e. The van der Waals surface area contributed by atoms with E-state index in [9.17, 15) is 15.2 Å². The number of ether oxygens (including phenoxy) is 1. The second-order valence-electron chi connectivity index (χ2n) is 5.23. The van der Waals surface area contributed by atoms with Crippen molar-refractivity contribution in [1.29, 1.82) is 0 Å². The molecule has 0 amide bonds. The zero-order valence-electron chi connectivity index (χ0n) is 12.1. The van der Waals surface area contributed by atoms with Gasteiger partial charge in [-0.05, 0) is 18.6 Å². The van der Waals surface area contributed by atoms with Crippen molar-refractivity contribution in [2.24, 2.45) is 0 Å². The molecule has 1 saturated heterocycles. The van der Waals surface area contributed by atoms with E-state index >= 15 is 0 Å². The molecule has 116 valence electrons. The fourth-order valence-corrected chi connectivity index (χ4v) is 2.32. The van der Waals surface area contributed by atoms with Gasteiger partial charge < -0.3 is 15.2 Å². The zero-order valence-corrected chi connectivity index (χ0v) is 12.1. The van der Waals surface area contributed by atoms with E-state index in [4.69, 9.17) is 4.74 Å². The molecule has 7 nitrogen and oxygen atoms in total. The lowest BCUT2D eigenvalue weighted by atomic mass is 10.2. The van der Waals surface area contributed by atoms with Crippen LogP contribution < -0.4 is 5.32 Å². The number of rotatable bonds is 6. The van der Waals surface area contributed by atoms with Crippen LogP contribution in [0.4, 0.5) is 11.4 Å². The molecule has 0 spiro atoms. The van der Waals surface area contributed by atoms with E-state index in [0.717, 1.165) is 18.7 Å². The molecular formula is C14H21N3O4. The lowest BCUT2D eigenvalue weighted by Crippen LogP contribution is -2.42. The van der Waals surface area contributed by atoms with E-state index in [0.29, 0.717) is 25.4 Å². The van der Waals surface area contributed by atoms with Gasteiger partial charge >= 0.3 is 0 Å². The Morgan fingerprint density at radius 3 is 2.86 bits per heavy atom. The molecule has 1 aliphatic heterocycles. The lowest BCUT2D eigenvalue weighted by Gasteiger charge is -2.28. The van der Waals surface area contributed by atoms with Crippen molar-refractivity contribution in [3.8, 4) is 0 Å². The fourth-order valence-electron chi connectivity index (χ4n) is 2.32. The van der Waals surface area contributed by atoms with Crippen LogP contribution in [0.5, 0.6) is 0 Å². The minimum absolute atomic E-state index is 0.0270. The molecule has 1 aliphatic rings. The van der Waals surface area contributed by atoms with Crippen molar-refractivity contribution in [1.82, 2.24) is 4.90 Å². The Hall–Kier alpha value is -1.70. The Morgan fingerprint density at radius 1 is 1.48 bits per heavy atom. The molecule has 2 N–H and O–H groups in total. The summed E-state index contributed by atoms with van der Waals surface area (Å²) in [5.41, 5.74) is 1.41. The Balaban J connectivity index is 1.89. The van der Waals surface area contributed by atoms with Crippen molar-refractivity contribution >= 4 is 11.4 Å². The van der Waals surface area contributed by atoms with Gasteiger partial charge in [0.25, 0.3) is 5.69 Å². The van der Waals surface area contributed by atoms with Gasteiger partial charge in [-0.1, -0.05) is 6.07 Å². The minimum atomic E-state index is -0.580. The standard InChI is InChI=1S/C14H21N3O4/c1-11-2-3-14(17(19)20)13(8-11)15-9-12(18)10-16-4-6-21-7-5-16/h2-3,8,12,15,18H,4-7,9-10H2,1H3/t12-/m0/s1. The summed E-state index contributed by atoms with van der Waals surface area (Å²) in [6, 6.07) is 4.90. The highest BCUT2D eigenvalue weighted by molar-refractivity contribution is 5.62. The van der Waals surface area contributed by atoms with Gasteiger partial charge in [0.15, 0.2) is 0 Å². The van der Waals surface area contributed by atoms with E-state index < -0.39 is 11.0 Å². The first-order valence-corrected chi connectivity index (χ1v) is 7.03. The molecule has 2 rings (SSSR count). The van der Waals surface area contributed by atoms with Crippen LogP contribution in [-0.4, -0.2) is 60.4 Å². The second kappa shape index (κ2) is 7.35. The Kier molecular flexibility index (Phi) is 5.49. The summed E-state index contributed by atoms with van der Waals surface area (Å²) in [5.74, 6) is 0. The summed E-state index contributed by atoms with van der Waals surface area (Å²) in [5, 5.41) is 24.0. The monoisotopic (exact) mass is 295 g/mol. The van der Waals surface area contributed by atoms with Crippen LogP contribution in [0, 0.1) is 17.0 Å². The lowest BCUT2D eigenvalue weighted by molar-refractivity contribution is -0.384. The number of aryl methyl sites for hydroxylation is 1. The van der Waals surface area contributed by atoms with E-state index in [1.54, 1.807) is 12.1 Å². The van der Waals surface area contributed by atoms with Gasteiger partial charge in [-0.25, -0.2) is 0 Å². The Bertz CT molecular complexity index is 489. The number of hydrogen-bond acceptors (Lipinski definition) is 6. The van der Waals surface area contributed by atoms with E-state index in [1.165, 1.54) is 6.07 Å². The normalized spacial score (nSPS) is 17.4. The van der Waals surface area contributed by atoms with Gasteiger partial charge in [0.05, 0.1) is 24.2 Å². The molecule has 21 heavy (non-hydrogen) atoms. The number of nitro groups is 1. The number of β-amino-alcohol motifs (C(OH)–C–C–N with tert-alkyl or cyclic N) is 1. The molecule has 1 aromatic rings. The summed E-state index contributed by atoms with van der Waals surface area (Å²) in [4.78, 5) is 12.7. The van der Waals surface area contributed by atoms with Gasteiger partial charge in [-0.15, -0.1) is 0 Å². The third-order valence-electron chi connectivity index (χ3n) is 3.45. The van der Waals surface area contributed by atoms with Crippen LogP contribution >= 0.6 is 0 Å². The van der Waals surface area contributed by atoms with Gasteiger partial charge in [0.2, 0.25) is 0 Å². The summed E-state index contributed by atoms with van der Waals surface area (Å²) in [6.07, 6.45) is -0.580. The molecule has 1 fully saturated rings. The maximum atomic E-state index is 11.0. The first-order chi connectivity index (χ1) is 10.1. The van der Waals surface area contributed by atoms with Crippen molar-refractivity contribution in [3.05, 3.63) is 33.9 Å². The zero-order chi connectivity index (χ0) is 15.2. The minimum Gasteiger partial charge on any atom is -0.390 e. The first kappa shape index (κ1) is 15.7. The van der Waals surface area contributed by atoms with E-state index in [-0.39, 0.29) is 12.2 Å². The third-order valence-corrected chi connectivity index (χ3v) is 3.45. The van der Waals surface area contributed by atoms with Crippen molar-refractivity contribution in [2.45, 2.75) is 13.0 Å². The Labute approximate surface area is 123 Å². The Morgan fingerprint density at radius 2 is 2.19 bits per heavy atom. The van der Waals surface area contributed by atoms with Crippen LogP contribution in [0.3, 0.4) is 0 Å². The van der Waals surface area contributed by atoms with Gasteiger partial charge in [0, 0.05) is 32.2 Å². The summed E-state index contributed by atoms with van der Waals surface area (Å²) in [6.45, 7) is 5.67. The molecule has 1 atom stereocenters. The third kappa shape index (κ3) is 4.66. The molecule has 0 unspecified atom stereocenters. The highest BCUT2D eigenvalue weighted by Gasteiger charge is 2.17. The number of aliphatic hydroxyl groups excluding tert-OH is 1. The van der Waals surface area contributed by atoms with Gasteiger partial charge in [-0.3, -0.25) is 15.0 Å². The number of nitrogens with one attached hydrogen (secondary N) is 1. The first-order valence-electron chi connectivity index (χ1n) is 7.03. The molecule has 1 aromatic carbocycles. The average Bonchev–Trinajstić information content (AvgIpc) is 2.46. The van der Waals surface area contributed by atoms with Crippen LogP contribution in [0.15, 0.2) is 18.2 Å². The van der Waals surface area contributed by atoms with Crippen LogP contribution in [0.2, 0.25) is 0 Å². The van der Waals surface area contributed by atoms with Crippen LogP contribution in [0.1, 0.15) is 5.56 Å². The SMILES string of the molecule is Cc1ccc([N+](=O)[O-])c(NC[C@H](O)CN2CCOCC2)c1. The second-order valence-corrected chi connectivity index (χ2v) is 5.23. The van der Waals surface area contributed by atoms with Crippen molar-refractivity contribution in [2.75, 3.05) is 44.7 Å². The number of benzene rings is 1. The maximum absolute atomic E-state index is 11.0. The molecule has 0 aliphatic carbocycles. The summed E-state index contributed by atoms with van der Waals surface area (Å²) >= 11 is 0. The maximum Gasteiger partial charge on any atom is 0.292 e. The molecule has 0 aromatic heterocycles. The fraction of sp³-hybridized carbons (Fsp3) is 0.571. The smallest absolute Gasteiger partial charge is 0.292 e. The summed E-state index contributed by atoms with van der Waals surface area (Å²) < 4.78 is 5.25. The van der Waals surface area contributed by atoms with Crippen molar-refractivity contribution < 1.29 is 14.8 Å². The molecule has 0 bridgehead atoms. The number of anilines is 1. The number of aliphatic hydroxyl groups is 1. The average molecular weight is 295 g/mol. The highest BCUT2D eigenvalue weighted by atomic mass is 16.6. The van der Waals surface area contributed by atoms with Crippen LogP contribution in [0.25, 0.3) is 0 Å². The number of morpholine rings is 1. The van der Waals surface area contributed by atoms with Gasteiger partial charge in [-0.2, -0.15) is 0 Å². The predicted molar refractivity (Wildman–Crippen MR) is 79.6 cm³/mol. The number of nitro benzene ring substituents is 1. The molecular weight excluding hydrogens is 274 g/mol. The van der Waals surface area contributed by atoms with Gasteiger partial charge in [0.1, 0.15) is 5.69 Å². The summed E-state index contributed by atoms with van der Waals surface area (Å²) in [7, 11) is 0. The number of nitrogens with zero attached hydrogens (tertiary/aromatic N) is 2. The predicted octanol–water partition coefficient (Wildman–Crippen LogP) is 1.01. The topological polar surface area (TPSA) is 87.9 Å². The van der Waals surface area contributed by atoms with E-state index in [1.807, 2.05) is 6.92 Å². The number of hydrogen-bond donors (Lipinski definition) is 2. The quantitative estimate of drug-likeness (QED) is 0.601. The van der Waals surface area contributed by atoms with Crippen LogP contribution in [-0.2, 0) is 4.74 Å². The molecule has 7 heteroatoms. The molecule has 0 saturated carbocycles. The van der Waals surface area contributed by atoms with E-state index in [2.05, 4.69) is 10.2 Å². The highest BCUT2D eigenvalue weighted by Crippen LogP contribution is 2.25. The van der Waals surface area contributed by atoms with Crippen molar-refractivity contribution in [3.63, 3.8) is 0 Å². The molecule has 0 radical (unpaired) electrons. The molecule has 1 heterocycles.